The van der Waals surface area contributed by atoms with Gasteiger partial charge >= 0.3 is 0 Å². The van der Waals surface area contributed by atoms with Gasteiger partial charge in [0, 0.05) is 17.7 Å². The molecule has 0 spiro atoms. The van der Waals surface area contributed by atoms with Gasteiger partial charge in [-0.3, -0.25) is 9.59 Å². The fraction of sp³-hybridized carbons (Fsp3) is 0.385. The van der Waals surface area contributed by atoms with Crippen molar-refractivity contribution in [3.8, 4) is 11.5 Å². The third kappa shape index (κ3) is 5.03. The number of amides is 1. The lowest BCUT2D eigenvalue weighted by Crippen LogP contribution is -2.33. The number of methoxy groups -OCH3 is 2. The van der Waals surface area contributed by atoms with Crippen LogP contribution >= 0.6 is 0 Å². The Balaban J connectivity index is 2.09. The van der Waals surface area contributed by atoms with E-state index < -0.39 is 17.7 Å². The Morgan fingerprint density at radius 1 is 1.03 bits per heavy atom. The minimum atomic E-state index is -0.746. The summed E-state index contributed by atoms with van der Waals surface area (Å²) < 4.78 is 10.8. The number of para-hydroxylation sites is 1. The van der Waals surface area contributed by atoms with Crippen molar-refractivity contribution in [2.24, 2.45) is 0 Å². The quantitative estimate of drug-likeness (QED) is 0.335. The number of hydrogen-bond acceptors (Lipinski definition) is 6. The van der Waals surface area contributed by atoms with Crippen LogP contribution in [-0.2, 0) is 9.59 Å². The monoisotopic (exact) mass is 452 g/mol. The van der Waals surface area contributed by atoms with Crippen LogP contribution in [0.1, 0.15) is 37.4 Å². The van der Waals surface area contributed by atoms with Crippen molar-refractivity contribution in [2.45, 2.75) is 26.3 Å². The zero-order valence-corrected chi connectivity index (χ0v) is 19.7. The second-order valence-corrected chi connectivity index (χ2v) is 7.85. The summed E-state index contributed by atoms with van der Waals surface area (Å²) in [6, 6.07) is 13.3. The van der Waals surface area contributed by atoms with Gasteiger partial charge in [-0.2, -0.15) is 0 Å². The molecule has 0 radical (unpaired) electrons. The number of carbonyl (C=O) groups excluding carboxylic acids is 2. The maximum atomic E-state index is 13.2. The van der Waals surface area contributed by atoms with Gasteiger partial charge in [-0.25, -0.2) is 0 Å². The normalized spacial score (nSPS) is 17.6. The van der Waals surface area contributed by atoms with E-state index in [0.717, 1.165) is 19.6 Å². The molecule has 1 atom stereocenters. The highest BCUT2D eigenvalue weighted by Gasteiger charge is 2.46. The zero-order valence-electron chi connectivity index (χ0n) is 19.7. The van der Waals surface area contributed by atoms with E-state index in [1.165, 1.54) is 7.11 Å². The van der Waals surface area contributed by atoms with Gasteiger partial charge in [-0.05, 0) is 44.3 Å². The van der Waals surface area contributed by atoms with Crippen LogP contribution in [0.5, 0.6) is 11.5 Å². The molecule has 2 aromatic carbocycles. The molecule has 0 aromatic heterocycles. The van der Waals surface area contributed by atoms with Crippen LogP contribution in [0.3, 0.4) is 0 Å². The average molecular weight is 453 g/mol. The number of hydrogen-bond donors (Lipinski definition) is 1. The molecular weight excluding hydrogens is 420 g/mol. The summed E-state index contributed by atoms with van der Waals surface area (Å²) in [5.41, 5.74) is 1.13. The van der Waals surface area contributed by atoms with Crippen LogP contribution in [0, 0.1) is 0 Å². The highest BCUT2D eigenvalue weighted by molar-refractivity contribution is 6.46. The standard InChI is InChI=1S/C26H32N2O5/c1-5-27(6-2)15-10-16-28-23(20-13-7-8-14-21(20)33-4)22(25(30)26(28)31)24(29)18-11-9-12-19(17-18)32-3/h7-9,11-14,17,23,29H,5-6,10,15-16H2,1-4H3/b24-22+/t23-/m0/s1. The van der Waals surface area contributed by atoms with Crippen molar-refractivity contribution in [3.63, 3.8) is 0 Å². The van der Waals surface area contributed by atoms with Crippen molar-refractivity contribution >= 4 is 17.4 Å². The number of benzene rings is 2. The Morgan fingerprint density at radius 3 is 2.42 bits per heavy atom. The van der Waals surface area contributed by atoms with E-state index in [9.17, 15) is 14.7 Å². The molecule has 3 rings (SSSR count). The molecule has 33 heavy (non-hydrogen) atoms. The molecular formula is C26H32N2O5. The Labute approximate surface area is 195 Å². The molecule has 7 nitrogen and oxygen atoms in total. The lowest BCUT2D eigenvalue weighted by atomic mass is 9.94. The molecule has 176 valence electrons. The Morgan fingerprint density at radius 2 is 1.76 bits per heavy atom. The number of nitrogens with zero attached hydrogens (tertiary/aromatic N) is 2. The van der Waals surface area contributed by atoms with E-state index in [0.29, 0.717) is 35.6 Å². The fourth-order valence-electron chi connectivity index (χ4n) is 4.26. The van der Waals surface area contributed by atoms with Gasteiger partial charge in [0.15, 0.2) is 0 Å². The highest BCUT2D eigenvalue weighted by Crippen LogP contribution is 2.42. The molecule has 1 aliphatic heterocycles. The minimum absolute atomic E-state index is 0.0561. The van der Waals surface area contributed by atoms with E-state index in [1.807, 2.05) is 18.2 Å². The number of aliphatic hydroxyl groups excluding tert-OH is 1. The van der Waals surface area contributed by atoms with Crippen molar-refractivity contribution < 1.29 is 24.2 Å². The molecule has 0 bridgehead atoms. The second-order valence-electron chi connectivity index (χ2n) is 7.85. The second kappa shape index (κ2) is 11.0. The molecule has 7 heteroatoms. The average Bonchev–Trinajstić information content (AvgIpc) is 3.10. The molecule has 1 N–H and O–H groups in total. The van der Waals surface area contributed by atoms with Gasteiger partial charge in [0.05, 0.1) is 25.8 Å². The first-order valence-electron chi connectivity index (χ1n) is 11.2. The van der Waals surface area contributed by atoms with Gasteiger partial charge < -0.3 is 24.4 Å². The molecule has 0 unspecified atom stereocenters. The van der Waals surface area contributed by atoms with Crippen molar-refractivity contribution in [1.29, 1.82) is 0 Å². The molecule has 1 heterocycles. The van der Waals surface area contributed by atoms with Crippen LogP contribution in [0.2, 0.25) is 0 Å². The third-order valence-corrected chi connectivity index (χ3v) is 6.08. The summed E-state index contributed by atoms with van der Waals surface area (Å²) in [6.07, 6.45) is 0.708. The highest BCUT2D eigenvalue weighted by atomic mass is 16.5. The molecule has 0 saturated carbocycles. The molecule has 1 fully saturated rings. The Hall–Kier alpha value is -3.32. The number of ether oxygens (including phenoxy) is 2. The van der Waals surface area contributed by atoms with Gasteiger partial charge in [0.1, 0.15) is 17.3 Å². The van der Waals surface area contributed by atoms with E-state index in [1.54, 1.807) is 42.3 Å². The lowest BCUT2D eigenvalue weighted by Gasteiger charge is -2.27. The van der Waals surface area contributed by atoms with Gasteiger partial charge in [0.2, 0.25) is 0 Å². The maximum absolute atomic E-state index is 13.2. The molecule has 2 aromatic rings. The summed E-state index contributed by atoms with van der Waals surface area (Å²) in [5, 5.41) is 11.2. The molecule has 1 aliphatic rings. The summed E-state index contributed by atoms with van der Waals surface area (Å²) in [4.78, 5) is 30.1. The number of rotatable bonds is 10. The Kier molecular flexibility index (Phi) is 8.11. The third-order valence-electron chi connectivity index (χ3n) is 6.08. The van der Waals surface area contributed by atoms with Crippen LogP contribution < -0.4 is 9.47 Å². The van der Waals surface area contributed by atoms with Gasteiger partial charge in [-0.1, -0.05) is 44.2 Å². The zero-order chi connectivity index (χ0) is 24.0. The van der Waals surface area contributed by atoms with Crippen LogP contribution in [0.15, 0.2) is 54.1 Å². The van der Waals surface area contributed by atoms with Crippen molar-refractivity contribution in [2.75, 3.05) is 40.4 Å². The fourth-order valence-corrected chi connectivity index (χ4v) is 4.26. The topological polar surface area (TPSA) is 79.3 Å². The van der Waals surface area contributed by atoms with Gasteiger partial charge in [-0.15, -0.1) is 0 Å². The Bertz CT molecular complexity index is 1030. The number of ketones is 1. The summed E-state index contributed by atoms with van der Waals surface area (Å²) in [5.74, 6) is -0.450. The molecule has 0 aliphatic carbocycles. The number of likely N-dealkylation sites (tertiary alicyclic amines) is 1. The van der Waals surface area contributed by atoms with E-state index >= 15 is 0 Å². The molecule has 1 amide bonds. The summed E-state index contributed by atoms with van der Waals surface area (Å²) in [6.45, 7) is 7.22. The van der Waals surface area contributed by atoms with E-state index in [-0.39, 0.29) is 11.3 Å². The van der Waals surface area contributed by atoms with Crippen molar-refractivity contribution in [3.05, 3.63) is 65.2 Å². The van der Waals surface area contributed by atoms with Crippen LogP contribution in [0.4, 0.5) is 0 Å². The first-order chi connectivity index (χ1) is 16.0. The van der Waals surface area contributed by atoms with Crippen LogP contribution in [0.25, 0.3) is 5.76 Å². The predicted octanol–water partition coefficient (Wildman–Crippen LogP) is 3.86. The van der Waals surface area contributed by atoms with E-state index in [4.69, 9.17) is 9.47 Å². The number of Topliss-reactive ketones (excluding diaryl/α,β-unsaturated/α-hetero) is 1. The minimum Gasteiger partial charge on any atom is -0.507 e. The van der Waals surface area contributed by atoms with Gasteiger partial charge in [0.25, 0.3) is 11.7 Å². The summed E-state index contributed by atoms with van der Waals surface area (Å²) in [7, 11) is 3.08. The first-order valence-corrected chi connectivity index (χ1v) is 11.2. The number of carbonyl (C=O) groups is 2. The molecule has 1 saturated heterocycles. The van der Waals surface area contributed by atoms with E-state index in [2.05, 4.69) is 18.7 Å². The summed E-state index contributed by atoms with van der Waals surface area (Å²) >= 11 is 0. The maximum Gasteiger partial charge on any atom is 0.295 e. The SMILES string of the molecule is CCN(CC)CCCN1C(=O)C(=O)/C(=C(/O)c2cccc(OC)c2)[C@@H]1c1ccccc1OC. The predicted molar refractivity (Wildman–Crippen MR) is 127 cm³/mol. The number of aliphatic hydroxyl groups is 1. The first kappa shape index (κ1) is 24.3. The van der Waals surface area contributed by atoms with Crippen molar-refractivity contribution in [1.82, 2.24) is 9.80 Å². The lowest BCUT2D eigenvalue weighted by molar-refractivity contribution is -0.140. The smallest absolute Gasteiger partial charge is 0.295 e. The largest absolute Gasteiger partial charge is 0.507 e. The van der Waals surface area contributed by atoms with Crippen LogP contribution in [-0.4, -0.2) is 67.0 Å².